The van der Waals surface area contributed by atoms with Crippen molar-refractivity contribution in [2.75, 3.05) is 18.5 Å². The third-order valence-corrected chi connectivity index (χ3v) is 6.77. The maximum Gasteiger partial charge on any atom is 0.293 e. The van der Waals surface area contributed by atoms with Crippen LogP contribution in [0.4, 0.5) is 14.9 Å². The second-order valence-corrected chi connectivity index (χ2v) is 9.71. The molecular weight excluding hydrogens is 531 g/mol. The molecule has 1 heterocycles. The maximum atomic E-state index is 14.2. The highest BCUT2D eigenvalue weighted by atomic mass is 35.5. The van der Waals surface area contributed by atoms with Gasteiger partial charge in [-0.25, -0.2) is 4.39 Å². The predicted molar refractivity (Wildman–Crippen MR) is 146 cm³/mol. The lowest BCUT2D eigenvalue weighted by Crippen LogP contribution is -2.28. The van der Waals surface area contributed by atoms with Crippen LogP contribution in [0.3, 0.4) is 0 Å². The Bertz CT molecular complexity index is 1390. The molecule has 3 aromatic rings. The Morgan fingerprint density at radius 1 is 1.08 bits per heavy atom. The minimum Gasteiger partial charge on any atom is -0.490 e. The number of anilines is 1. The summed E-state index contributed by atoms with van der Waals surface area (Å²) in [5.74, 6) is -0.744. The van der Waals surface area contributed by atoms with Crippen molar-refractivity contribution in [3.8, 4) is 11.5 Å². The van der Waals surface area contributed by atoms with Crippen molar-refractivity contribution in [3.63, 3.8) is 0 Å². The molecule has 1 saturated heterocycles. The van der Waals surface area contributed by atoms with E-state index in [1.165, 1.54) is 18.2 Å². The van der Waals surface area contributed by atoms with Gasteiger partial charge in [0.05, 0.1) is 18.1 Å². The Hall–Kier alpha value is -3.82. The van der Waals surface area contributed by atoms with E-state index in [0.717, 1.165) is 22.2 Å². The molecule has 0 spiro atoms. The third kappa shape index (κ3) is 6.54. The molecular formula is C28H24ClFN2O5S. The van der Waals surface area contributed by atoms with Crippen molar-refractivity contribution in [1.82, 2.24) is 4.90 Å². The number of hydrogen-bond acceptors (Lipinski definition) is 6. The number of ether oxygens (including phenoxy) is 2. The average molecular weight is 555 g/mol. The van der Waals surface area contributed by atoms with Crippen LogP contribution in [0.25, 0.3) is 6.08 Å². The third-order valence-electron chi connectivity index (χ3n) is 5.51. The molecule has 1 fully saturated rings. The molecule has 1 N–H and O–H groups in total. The number of nitrogens with zero attached hydrogens (tertiary/aromatic N) is 1. The van der Waals surface area contributed by atoms with Crippen LogP contribution < -0.4 is 14.8 Å². The van der Waals surface area contributed by atoms with E-state index >= 15 is 0 Å². The van der Waals surface area contributed by atoms with Crippen molar-refractivity contribution in [2.24, 2.45) is 0 Å². The lowest BCUT2D eigenvalue weighted by molar-refractivity contribution is -0.123. The Kier molecular flexibility index (Phi) is 8.70. The second kappa shape index (κ2) is 12.1. The lowest BCUT2D eigenvalue weighted by atomic mass is 10.1. The van der Waals surface area contributed by atoms with Gasteiger partial charge in [-0.15, -0.1) is 0 Å². The number of hydrogen-bond donors (Lipinski definition) is 1. The van der Waals surface area contributed by atoms with Crippen LogP contribution in [0.5, 0.6) is 11.5 Å². The summed E-state index contributed by atoms with van der Waals surface area (Å²) in [7, 11) is 0. The summed E-state index contributed by atoms with van der Waals surface area (Å²) in [6, 6.07) is 16.5. The van der Waals surface area contributed by atoms with E-state index in [9.17, 15) is 18.8 Å². The molecule has 196 valence electrons. The fourth-order valence-corrected chi connectivity index (χ4v) is 4.67. The number of halogens is 2. The van der Waals surface area contributed by atoms with Crippen LogP contribution >= 0.6 is 23.4 Å². The molecule has 0 bridgehead atoms. The molecule has 38 heavy (non-hydrogen) atoms. The van der Waals surface area contributed by atoms with Gasteiger partial charge >= 0.3 is 0 Å². The molecule has 1 aliphatic rings. The number of carbonyl (C=O) groups is 3. The fraction of sp³-hybridized carbons (Fsp3) is 0.179. The Balaban J connectivity index is 1.46. The Labute approximate surface area is 228 Å². The average Bonchev–Trinajstić information content (AvgIpc) is 3.14. The van der Waals surface area contributed by atoms with E-state index < -0.39 is 17.0 Å². The van der Waals surface area contributed by atoms with Gasteiger partial charge in [-0.1, -0.05) is 41.4 Å². The van der Waals surface area contributed by atoms with Crippen molar-refractivity contribution in [3.05, 3.63) is 93.1 Å². The molecule has 1 aliphatic heterocycles. The first-order valence-electron chi connectivity index (χ1n) is 11.7. The van der Waals surface area contributed by atoms with Crippen LogP contribution in [-0.4, -0.2) is 35.2 Å². The lowest BCUT2D eigenvalue weighted by Gasteiger charge is -2.14. The van der Waals surface area contributed by atoms with Gasteiger partial charge in [0, 0.05) is 16.3 Å². The number of rotatable bonds is 9. The van der Waals surface area contributed by atoms with Gasteiger partial charge in [0.1, 0.15) is 5.82 Å². The summed E-state index contributed by atoms with van der Waals surface area (Å²) in [6.45, 7) is 3.61. The zero-order valence-corrected chi connectivity index (χ0v) is 22.2. The second-order valence-electron chi connectivity index (χ2n) is 8.31. The van der Waals surface area contributed by atoms with E-state index in [1.54, 1.807) is 43.3 Å². The Morgan fingerprint density at radius 2 is 1.84 bits per heavy atom. The van der Waals surface area contributed by atoms with E-state index in [1.807, 2.05) is 19.1 Å². The summed E-state index contributed by atoms with van der Waals surface area (Å²) < 4.78 is 25.5. The highest BCUT2D eigenvalue weighted by Gasteiger charge is 2.36. The standard InChI is InChI=1S/C28H24ClFN2O5S/c1-3-36-24-13-18(9-12-23(24)37-16-26(33)31-19-10-7-17(2)8-11-19)14-25-27(34)32(28(35)38-25)15-20-21(29)5-4-6-22(20)30/h4-14H,3,15-16H2,1-2H3,(H,31,33)/b25-14-. The van der Waals surface area contributed by atoms with Crippen LogP contribution in [0.15, 0.2) is 65.6 Å². The first-order valence-corrected chi connectivity index (χ1v) is 12.9. The molecule has 3 amide bonds. The van der Waals surface area contributed by atoms with Gasteiger partial charge in [-0.05, 0) is 73.6 Å². The summed E-state index contributed by atoms with van der Waals surface area (Å²) >= 11 is 6.82. The Morgan fingerprint density at radius 3 is 2.55 bits per heavy atom. The van der Waals surface area contributed by atoms with Gasteiger partial charge in [-0.3, -0.25) is 19.3 Å². The molecule has 0 saturated carbocycles. The summed E-state index contributed by atoms with van der Waals surface area (Å²) in [5.41, 5.74) is 2.40. The fourth-order valence-electron chi connectivity index (χ4n) is 3.61. The highest BCUT2D eigenvalue weighted by molar-refractivity contribution is 8.18. The largest absolute Gasteiger partial charge is 0.490 e. The predicted octanol–water partition coefficient (Wildman–Crippen LogP) is 6.44. The van der Waals surface area contributed by atoms with Crippen LogP contribution in [0.1, 0.15) is 23.6 Å². The van der Waals surface area contributed by atoms with Gasteiger partial charge in [-0.2, -0.15) is 0 Å². The maximum absolute atomic E-state index is 14.2. The quantitative estimate of drug-likeness (QED) is 0.306. The van der Waals surface area contributed by atoms with E-state index in [0.29, 0.717) is 29.4 Å². The van der Waals surface area contributed by atoms with E-state index in [2.05, 4.69) is 5.32 Å². The smallest absolute Gasteiger partial charge is 0.293 e. The molecule has 0 aliphatic carbocycles. The van der Waals surface area contributed by atoms with Crippen molar-refractivity contribution in [1.29, 1.82) is 0 Å². The number of nitrogens with one attached hydrogen (secondary N) is 1. The number of aryl methyl sites for hydroxylation is 1. The summed E-state index contributed by atoms with van der Waals surface area (Å²) in [4.78, 5) is 38.9. The van der Waals surface area contributed by atoms with Crippen LogP contribution in [-0.2, 0) is 16.1 Å². The number of carbonyl (C=O) groups excluding carboxylic acids is 3. The zero-order valence-electron chi connectivity index (χ0n) is 20.6. The van der Waals surface area contributed by atoms with Crippen molar-refractivity contribution >= 4 is 52.2 Å². The van der Waals surface area contributed by atoms with E-state index in [-0.39, 0.29) is 34.6 Å². The molecule has 7 nitrogen and oxygen atoms in total. The minimum atomic E-state index is -0.593. The molecule has 0 radical (unpaired) electrons. The number of benzene rings is 3. The van der Waals surface area contributed by atoms with Crippen molar-refractivity contribution in [2.45, 2.75) is 20.4 Å². The summed E-state index contributed by atoms with van der Waals surface area (Å²) in [6.07, 6.45) is 1.55. The van der Waals surface area contributed by atoms with Gasteiger partial charge < -0.3 is 14.8 Å². The number of amides is 3. The minimum absolute atomic E-state index is 0.0734. The van der Waals surface area contributed by atoms with Gasteiger partial charge in [0.15, 0.2) is 18.1 Å². The van der Waals surface area contributed by atoms with Crippen LogP contribution in [0.2, 0.25) is 5.02 Å². The first-order chi connectivity index (χ1) is 18.2. The molecule has 0 aromatic heterocycles. The summed E-state index contributed by atoms with van der Waals surface area (Å²) in [5, 5.41) is 2.38. The van der Waals surface area contributed by atoms with E-state index in [4.69, 9.17) is 21.1 Å². The SMILES string of the molecule is CCOc1cc(/C=C2\SC(=O)N(Cc3c(F)cccc3Cl)C2=O)ccc1OCC(=O)Nc1ccc(C)cc1. The van der Waals surface area contributed by atoms with Gasteiger partial charge in [0.2, 0.25) is 0 Å². The van der Waals surface area contributed by atoms with Gasteiger partial charge in [0.25, 0.3) is 17.1 Å². The topological polar surface area (TPSA) is 84.9 Å². The van der Waals surface area contributed by atoms with Crippen molar-refractivity contribution < 1.29 is 28.2 Å². The molecule has 10 heteroatoms. The molecule has 0 unspecified atom stereocenters. The van der Waals surface area contributed by atoms with Crippen LogP contribution in [0, 0.1) is 12.7 Å². The highest BCUT2D eigenvalue weighted by Crippen LogP contribution is 2.36. The molecule has 4 rings (SSSR count). The monoisotopic (exact) mass is 554 g/mol. The molecule has 3 aromatic carbocycles. The first kappa shape index (κ1) is 27.2. The molecule has 0 atom stereocenters. The number of thioether (sulfide) groups is 1. The normalized spacial score (nSPS) is 14.2. The zero-order chi connectivity index (χ0) is 27.2. The number of imide groups is 1.